The molecule has 4 nitrogen and oxygen atoms in total. The molecular weight excluding hydrogens is 273 g/mol. The molecule has 1 aromatic carbocycles. The molecular formula is C16H22FNO3. The number of hydrogen-bond acceptors (Lipinski definition) is 3. The van der Waals surface area contributed by atoms with E-state index in [9.17, 15) is 14.3 Å². The fourth-order valence-corrected chi connectivity index (χ4v) is 2.56. The quantitative estimate of drug-likeness (QED) is 0.860. The maximum Gasteiger partial charge on any atom is 0.410 e. The van der Waals surface area contributed by atoms with Gasteiger partial charge >= 0.3 is 6.09 Å². The first-order valence-electron chi connectivity index (χ1n) is 7.22. The van der Waals surface area contributed by atoms with Crippen molar-refractivity contribution in [1.29, 1.82) is 0 Å². The normalized spacial score (nSPS) is 16.9. The van der Waals surface area contributed by atoms with Gasteiger partial charge in [0, 0.05) is 19.2 Å². The van der Waals surface area contributed by atoms with Gasteiger partial charge in [-0.2, -0.15) is 0 Å². The first kappa shape index (κ1) is 15.6. The van der Waals surface area contributed by atoms with Crippen molar-refractivity contribution in [1.82, 2.24) is 4.90 Å². The summed E-state index contributed by atoms with van der Waals surface area (Å²) in [5.74, 6) is -0.308. The number of piperidine rings is 1. The predicted octanol–water partition coefficient (Wildman–Crippen LogP) is 3.65. The van der Waals surface area contributed by atoms with Crippen LogP contribution in [0.15, 0.2) is 18.2 Å². The number of ether oxygens (including phenoxy) is 1. The maximum atomic E-state index is 13.0. The number of phenols is 1. The number of aromatic hydroxyl groups is 1. The van der Waals surface area contributed by atoms with Crippen molar-refractivity contribution in [3.63, 3.8) is 0 Å². The van der Waals surface area contributed by atoms with Crippen molar-refractivity contribution in [2.75, 3.05) is 13.1 Å². The molecule has 21 heavy (non-hydrogen) atoms. The molecule has 0 radical (unpaired) electrons. The monoisotopic (exact) mass is 295 g/mol. The van der Waals surface area contributed by atoms with Crippen LogP contribution < -0.4 is 0 Å². The number of rotatable bonds is 1. The number of phenolic OH excluding ortho intramolecular Hbond substituents is 1. The Morgan fingerprint density at radius 1 is 1.33 bits per heavy atom. The molecule has 0 spiro atoms. The van der Waals surface area contributed by atoms with E-state index in [2.05, 4.69) is 0 Å². The predicted molar refractivity (Wildman–Crippen MR) is 77.8 cm³/mol. The van der Waals surface area contributed by atoms with Crippen LogP contribution in [0.4, 0.5) is 9.18 Å². The zero-order valence-electron chi connectivity index (χ0n) is 12.7. The highest BCUT2D eigenvalue weighted by Crippen LogP contribution is 2.34. The first-order chi connectivity index (χ1) is 9.76. The lowest BCUT2D eigenvalue weighted by atomic mass is 9.89. The van der Waals surface area contributed by atoms with Gasteiger partial charge in [0.05, 0.1) is 0 Å². The van der Waals surface area contributed by atoms with E-state index in [4.69, 9.17) is 4.74 Å². The van der Waals surface area contributed by atoms with Gasteiger partial charge in [0.15, 0.2) is 0 Å². The van der Waals surface area contributed by atoms with Gasteiger partial charge in [0.2, 0.25) is 0 Å². The third-order valence-electron chi connectivity index (χ3n) is 3.58. The van der Waals surface area contributed by atoms with Crippen LogP contribution in [0.3, 0.4) is 0 Å². The third kappa shape index (κ3) is 4.09. The molecule has 116 valence electrons. The number of carbonyl (C=O) groups is 1. The van der Waals surface area contributed by atoms with Gasteiger partial charge in [-0.3, -0.25) is 0 Å². The van der Waals surface area contributed by atoms with Gasteiger partial charge in [0.25, 0.3) is 0 Å². The van der Waals surface area contributed by atoms with E-state index in [1.54, 1.807) is 11.0 Å². The van der Waals surface area contributed by atoms with E-state index in [0.29, 0.717) is 13.1 Å². The van der Waals surface area contributed by atoms with E-state index in [-0.39, 0.29) is 17.8 Å². The molecule has 1 aliphatic rings. The molecule has 1 saturated heterocycles. The molecule has 1 aromatic rings. The van der Waals surface area contributed by atoms with Crippen molar-refractivity contribution in [3.8, 4) is 5.75 Å². The summed E-state index contributed by atoms with van der Waals surface area (Å²) >= 11 is 0. The van der Waals surface area contributed by atoms with E-state index in [1.165, 1.54) is 6.07 Å². The molecule has 0 bridgehead atoms. The molecule has 1 aliphatic heterocycles. The molecule has 5 heteroatoms. The molecule has 1 fully saturated rings. The zero-order valence-corrected chi connectivity index (χ0v) is 12.7. The highest BCUT2D eigenvalue weighted by Gasteiger charge is 2.28. The number of nitrogens with zero attached hydrogens (tertiary/aromatic N) is 1. The fourth-order valence-electron chi connectivity index (χ4n) is 2.56. The van der Waals surface area contributed by atoms with Gasteiger partial charge in [-0.15, -0.1) is 0 Å². The Morgan fingerprint density at radius 3 is 2.48 bits per heavy atom. The van der Waals surface area contributed by atoms with Crippen LogP contribution in [0.5, 0.6) is 5.75 Å². The molecule has 1 amide bonds. The molecule has 0 unspecified atom stereocenters. The molecule has 1 heterocycles. The molecule has 0 atom stereocenters. The SMILES string of the molecule is CC(C)(C)OC(=O)N1CCC(c2ccc(F)cc2O)CC1. The lowest BCUT2D eigenvalue weighted by Crippen LogP contribution is -2.41. The largest absolute Gasteiger partial charge is 0.508 e. The number of carbonyl (C=O) groups excluding carboxylic acids is 1. The lowest BCUT2D eigenvalue weighted by Gasteiger charge is -2.33. The minimum absolute atomic E-state index is 0.00859. The average Bonchev–Trinajstić information content (AvgIpc) is 2.37. The molecule has 0 aromatic heterocycles. The van der Waals surface area contributed by atoms with Gasteiger partial charge in [-0.05, 0) is 51.2 Å². The first-order valence-corrected chi connectivity index (χ1v) is 7.22. The van der Waals surface area contributed by atoms with Crippen molar-refractivity contribution in [3.05, 3.63) is 29.6 Å². The smallest absolute Gasteiger partial charge is 0.410 e. The Balaban J connectivity index is 1.95. The summed E-state index contributed by atoms with van der Waals surface area (Å²) in [6, 6.07) is 4.11. The Kier molecular flexibility index (Phi) is 4.40. The van der Waals surface area contributed by atoms with E-state index in [1.807, 2.05) is 20.8 Å². The van der Waals surface area contributed by atoms with Gasteiger partial charge < -0.3 is 14.7 Å². The lowest BCUT2D eigenvalue weighted by molar-refractivity contribution is 0.0204. The van der Waals surface area contributed by atoms with Crippen LogP contribution in [-0.4, -0.2) is 34.8 Å². The van der Waals surface area contributed by atoms with Crippen LogP contribution in [0.2, 0.25) is 0 Å². The number of halogens is 1. The Hall–Kier alpha value is -1.78. The van der Waals surface area contributed by atoms with Crippen LogP contribution >= 0.6 is 0 Å². The Labute approximate surface area is 124 Å². The summed E-state index contributed by atoms with van der Waals surface area (Å²) < 4.78 is 18.4. The second-order valence-corrected chi connectivity index (χ2v) is 6.44. The van der Waals surface area contributed by atoms with E-state index in [0.717, 1.165) is 24.5 Å². The van der Waals surface area contributed by atoms with E-state index >= 15 is 0 Å². The van der Waals surface area contributed by atoms with Crippen molar-refractivity contribution < 1.29 is 19.0 Å². The molecule has 0 saturated carbocycles. The maximum absolute atomic E-state index is 13.0. The Morgan fingerprint density at radius 2 is 1.95 bits per heavy atom. The van der Waals surface area contributed by atoms with Crippen LogP contribution in [0, 0.1) is 5.82 Å². The van der Waals surface area contributed by atoms with Crippen LogP contribution in [0.1, 0.15) is 45.1 Å². The number of benzene rings is 1. The summed E-state index contributed by atoms with van der Waals surface area (Å²) in [4.78, 5) is 13.7. The van der Waals surface area contributed by atoms with Crippen molar-refractivity contribution >= 4 is 6.09 Å². The minimum atomic E-state index is -0.497. The second kappa shape index (κ2) is 5.92. The van der Waals surface area contributed by atoms with Crippen molar-refractivity contribution in [2.45, 2.75) is 45.1 Å². The molecule has 2 rings (SSSR count). The highest BCUT2D eigenvalue weighted by atomic mass is 19.1. The zero-order chi connectivity index (χ0) is 15.6. The number of likely N-dealkylation sites (tertiary alicyclic amines) is 1. The average molecular weight is 295 g/mol. The van der Waals surface area contributed by atoms with Crippen LogP contribution in [0.25, 0.3) is 0 Å². The fraction of sp³-hybridized carbons (Fsp3) is 0.562. The second-order valence-electron chi connectivity index (χ2n) is 6.44. The number of amides is 1. The van der Waals surface area contributed by atoms with Gasteiger partial charge in [-0.1, -0.05) is 6.07 Å². The topological polar surface area (TPSA) is 49.8 Å². The van der Waals surface area contributed by atoms with Gasteiger partial charge in [0.1, 0.15) is 17.2 Å². The summed E-state index contributed by atoms with van der Waals surface area (Å²) in [6.45, 7) is 6.68. The van der Waals surface area contributed by atoms with Crippen molar-refractivity contribution in [2.24, 2.45) is 0 Å². The highest BCUT2D eigenvalue weighted by molar-refractivity contribution is 5.68. The third-order valence-corrected chi connectivity index (χ3v) is 3.58. The summed E-state index contributed by atoms with van der Waals surface area (Å²) in [5, 5.41) is 9.83. The summed E-state index contributed by atoms with van der Waals surface area (Å²) in [6.07, 6.45) is 1.17. The summed E-state index contributed by atoms with van der Waals surface area (Å²) in [5.41, 5.74) is 0.253. The standard InChI is InChI=1S/C16H22FNO3/c1-16(2,3)21-15(20)18-8-6-11(7-9-18)13-5-4-12(17)10-14(13)19/h4-5,10-11,19H,6-9H2,1-3H3. The molecule has 0 aliphatic carbocycles. The number of hydrogen-bond donors (Lipinski definition) is 1. The Bertz CT molecular complexity index is 517. The molecule has 1 N–H and O–H groups in total. The minimum Gasteiger partial charge on any atom is -0.508 e. The van der Waals surface area contributed by atoms with E-state index < -0.39 is 11.4 Å². The van der Waals surface area contributed by atoms with Gasteiger partial charge in [-0.25, -0.2) is 9.18 Å². The van der Waals surface area contributed by atoms with Crippen LogP contribution in [-0.2, 0) is 4.74 Å². The summed E-state index contributed by atoms with van der Waals surface area (Å²) in [7, 11) is 0.